The summed E-state index contributed by atoms with van der Waals surface area (Å²) >= 11 is 0. The molecule has 4 heteroatoms. The van der Waals surface area contributed by atoms with Crippen LogP contribution >= 0.6 is 0 Å². The van der Waals surface area contributed by atoms with Crippen LogP contribution in [-0.2, 0) is 5.60 Å². The molecule has 0 bridgehead atoms. The summed E-state index contributed by atoms with van der Waals surface area (Å²) in [6, 6.07) is 3.14. The predicted molar refractivity (Wildman–Crippen MR) is 54.3 cm³/mol. The third-order valence-corrected chi connectivity index (χ3v) is 2.70. The number of aromatic hydroxyl groups is 1. The monoisotopic (exact) mass is 210 g/mol. The lowest BCUT2D eigenvalue weighted by molar-refractivity contribution is 0.143. The quantitative estimate of drug-likeness (QED) is 0.791. The summed E-state index contributed by atoms with van der Waals surface area (Å²) in [5.41, 5.74) is -0.451. The van der Waals surface area contributed by atoms with E-state index in [2.05, 4.69) is 0 Å². The molecule has 1 fully saturated rings. The number of phenols is 1. The second-order valence-electron chi connectivity index (χ2n) is 3.76. The van der Waals surface area contributed by atoms with E-state index in [9.17, 15) is 10.2 Å². The van der Waals surface area contributed by atoms with Gasteiger partial charge in [0.25, 0.3) is 0 Å². The number of methoxy groups -OCH3 is 2. The number of rotatable bonds is 3. The van der Waals surface area contributed by atoms with Crippen molar-refractivity contribution in [2.45, 2.75) is 18.4 Å². The summed E-state index contributed by atoms with van der Waals surface area (Å²) in [6.45, 7) is 0. The molecule has 2 N–H and O–H groups in total. The Morgan fingerprint density at radius 3 is 2.33 bits per heavy atom. The fraction of sp³-hybridized carbons (Fsp3) is 0.455. The van der Waals surface area contributed by atoms with Crippen LogP contribution in [0.4, 0.5) is 0 Å². The minimum Gasteiger partial charge on any atom is -0.507 e. The predicted octanol–water partition coefficient (Wildman–Crippen LogP) is 1.39. The Morgan fingerprint density at radius 2 is 1.87 bits per heavy atom. The summed E-state index contributed by atoms with van der Waals surface area (Å²) < 4.78 is 10.1. The zero-order valence-corrected chi connectivity index (χ0v) is 8.78. The highest BCUT2D eigenvalue weighted by molar-refractivity contribution is 5.54. The first kappa shape index (κ1) is 10.1. The van der Waals surface area contributed by atoms with E-state index < -0.39 is 5.60 Å². The van der Waals surface area contributed by atoms with Crippen LogP contribution in [0, 0.1) is 0 Å². The SMILES string of the molecule is COc1cc(O)c(C2(O)CC2)c(OC)c1. The molecule has 1 aliphatic rings. The van der Waals surface area contributed by atoms with Gasteiger partial charge in [0.1, 0.15) is 17.2 Å². The molecular weight excluding hydrogens is 196 g/mol. The van der Waals surface area contributed by atoms with Gasteiger partial charge in [-0.2, -0.15) is 0 Å². The number of aliphatic hydroxyl groups is 1. The molecule has 0 atom stereocenters. The van der Waals surface area contributed by atoms with Crippen molar-refractivity contribution in [3.63, 3.8) is 0 Å². The average Bonchev–Trinajstić information content (AvgIpc) is 2.95. The van der Waals surface area contributed by atoms with E-state index in [1.165, 1.54) is 20.3 Å². The molecule has 0 aromatic heterocycles. The Labute approximate surface area is 88.1 Å². The molecule has 2 rings (SSSR count). The van der Waals surface area contributed by atoms with Crippen LogP contribution in [0.25, 0.3) is 0 Å². The Balaban J connectivity index is 2.52. The van der Waals surface area contributed by atoms with Gasteiger partial charge in [0.2, 0.25) is 0 Å². The minimum absolute atomic E-state index is 0.0196. The largest absolute Gasteiger partial charge is 0.507 e. The van der Waals surface area contributed by atoms with Crippen molar-refractivity contribution in [2.75, 3.05) is 14.2 Å². The molecule has 0 heterocycles. The van der Waals surface area contributed by atoms with E-state index in [-0.39, 0.29) is 5.75 Å². The molecule has 0 saturated heterocycles. The molecule has 0 spiro atoms. The number of hydrogen-bond acceptors (Lipinski definition) is 4. The van der Waals surface area contributed by atoms with Gasteiger partial charge in [-0.1, -0.05) is 0 Å². The molecule has 4 nitrogen and oxygen atoms in total. The van der Waals surface area contributed by atoms with E-state index >= 15 is 0 Å². The highest BCUT2D eigenvalue weighted by Gasteiger charge is 2.46. The number of benzene rings is 1. The van der Waals surface area contributed by atoms with Crippen molar-refractivity contribution in [3.8, 4) is 17.2 Å². The van der Waals surface area contributed by atoms with Crippen LogP contribution in [0.5, 0.6) is 17.2 Å². The Kier molecular flexibility index (Phi) is 2.23. The van der Waals surface area contributed by atoms with E-state index in [1.54, 1.807) is 6.07 Å². The number of ether oxygens (including phenoxy) is 2. The third kappa shape index (κ3) is 1.61. The lowest BCUT2D eigenvalue weighted by atomic mass is 10.0. The van der Waals surface area contributed by atoms with Gasteiger partial charge >= 0.3 is 0 Å². The fourth-order valence-corrected chi connectivity index (χ4v) is 1.69. The van der Waals surface area contributed by atoms with Crippen LogP contribution in [0.15, 0.2) is 12.1 Å². The van der Waals surface area contributed by atoms with Crippen molar-refractivity contribution >= 4 is 0 Å². The zero-order chi connectivity index (χ0) is 11.1. The molecule has 82 valence electrons. The van der Waals surface area contributed by atoms with Gasteiger partial charge in [0, 0.05) is 12.1 Å². The first-order valence-electron chi connectivity index (χ1n) is 4.78. The van der Waals surface area contributed by atoms with E-state index in [4.69, 9.17) is 9.47 Å². The molecule has 0 amide bonds. The van der Waals surface area contributed by atoms with Gasteiger partial charge in [-0.25, -0.2) is 0 Å². The molecular formula is C11H14O4. The summed E-state index contributed by atoms with van der Waals surface area (Å²) in [4.78, 5) is 0. The van der Waals surface area contributed by atoms with Gasteiger partial charge in [0.05, 0.1) is 25.4 Å². The molecule has 1 aromatic carbocycles. The second-order valence-corrected chi connectivity index (χ2v) is 3.76. The van der Waals surface area contributed by atoms with Gasteiger partial charge in [-0.3, -0.25) is 0 Å². The Hall–Kier alpha value is -1.42. The number of hydrogen-bond donors (Lipinski definition) is 2. The van der Waals surface area contributed by atoms with Crippen LogP contribution in [-0.4, -0.2) is 24.4 Å². The maximum atomic E-state index is 9.98. The van der Waals surface area contributed by atoms with Crippen LogP contribution in [0.2, 0.25) is 0 Å². The Morgan fingerprint density at radius 1 is 1.20 bits per heavy atom. The lowest BCUT2D eigenvalue weighted by Gasteiger charge is -2.16. The summed E-state index contributed by atoms with van der Waals surface area (Å²) in [6.07, 6.45) is 1.31. The molecule has 0 unspecified atom stereocenters. The molecule has 1 aromatic rings. The molecule has 0 aliphatic heterocycles. The number of phenolic OH excluding ortho intramolecular Hbond substituents is 1. The third-order valence-electron chi connectivity index (χ3n) is 2.70. The average molecular weight is 210 g/mol. The van der Waals surface area contributed by atoms with Gasteiger partial charge < -0.3 is 19.7 Å². The zero-order valence-electron chi connectivity index (χ0n) is 8.78. The molecule has 15 heavy (non-hydrogen) atoms. The summed E-state index contributed by atoms with van der Waals surface area (Å²) in [5, 5.41) is 19.8. The topological polar surface area (TPSA) is 58.9 Å². The smallest absolute Gasteiger partial charge is 0.132 e. The van der Waals surface area contributed by atoms with Gasteiger partial charge in [-0.05, 0) is 12.8 Å². The first-order valence-corrected chi connectivity index (χ1v) is 4.78. The van der Waals surface area contributed by atoms with Crippen molar-refractivity contribution in [1.29, 1.82) is 0 Å². The van der Waals surface area contributed by atoms with Crippen LogP contribution < -0.4 is 9.47 Å². The van der Waals surface area contributed by atoms with Crippen molar-refractivity contribution in [3.05, 3.63) is 17.7 Å². The van der Waals surface area contributed by atoms with Crippen LogP contribution in [0.3, 0.4) is 0 Å². The normalized spacial score (nSPS) is 17.3. The van der Waals surface area contributed by atoms with E-state index in [0.717, 1.165) is 0 Å². The highest BCUT2D eigenvalue weighted by Crippen LogP contribution is 2.53. The molecule has 1 aliphatic carbocycles. The fourth-order valence-electron chi connectivity index (χ4n) is 1.69. The van der Waals surface area contributed by atoms with Crippen molar-refractivity contribution in [1.82, 2.24) is 0 Å². The van der Waals surface area contributed by atoms with Crippen molar-refractivity contribution < 1.29 is 19.7 Å². The minimum atomic E-state index is -0.915. The summed E-state index contributed by atoms with van der Waals surface area (Å²) in [5.74, 6) is 0.996. The van der Waals surface area contributed by atoms with Crippen molar-refractivity contribution in [2.24, 2.45) is 0 Å². The maximum Gasteiger partial charge on any atom is 0.132 e. The Bertz CT molecular complexity index is 382. The standard InChI is InChI=1S/C11H14O4/c1-14-7-5-8(12)10(9(6-7)15-2)11(13)3-4-11/h5-6,12-13H,3-4H2,1-2H3. The van der Waals surface area contributed by atoms with Gasteiger partial charge in [0.15, 0.2) is 0 Å². The maximum absolute atomic E-state index is 9.98. The first-order chi connectivity index (χ1) is 7.10. The highest BCUT2D eigenvalue weighted by atomic mass is 16.5. The molecule has 0 radical (unpaired) electrons. The van der Waals surface area contributed by atoms with Crippen LogP contribution in [0.1, 0.15) is 18.4 Å². The van der Waals surface area contributed by atoms with E-state index in [0.29, 0.717) is 29.9 Å². The summed E-state index contributed by atoms with van der Waals surface area (Å²) in [7, 11) is 3.02. The lowest BCUT2D eigenvalue weighted by Crippen LogP contribution is -2.07. The van der Waals surface area contributed by atoms with E-state index in [1.807, 2.05) is 0 Å². The molecule has 1 saturated carbocycles. The van der Waals surface area contributed by atoms with Gasteiger partial charge in [-0.15, -0.1) is 0 Å². The second kappa shape index (κ2) is 3.31.